The molecular weight excluding hydrogens is 190 g/mol. The first-order valence-electron chi connectivity index (χ1n) is 4.44. The summed E-state index contributed by atoms with van der Waals surface area (Å²) < 4.78 is 0. The number of allylic oxidation sites excluding steroid dienone is 6. The molecular formula is C12H15NO2. The van der Waals surface area contributed by atoms with Gasteiger partial charge in [0, 0.05) is 6.21 Å². The first-order valence-corrected chi connectivity index (χ1v) is 4.44. The molecule has 0 aliphatic carbocycles. The second-order valence-electron chi connectivity index (χ2n) is 2.91. The Hall–Kier alpha value is -1.90. The van der Waals surface area contributed by atoms with Crippen LogP contribution in [0.15, 0.2) is 53.6 Å². The molecule has 0 unspecified atom stereocenters. The zero-order valence-corrected chi connectivity index (χ0v) is 8.81. The van der Waals surface area contributed by atoms with E-state index in [-0.39, 0.29) is 6.54 Å². The molecule has 80 valence electrons. The van der Waals surface area contributed by atoms with E-state index in [9.17, 15) is 4.79 Å². The van der Waals surface area contributed by atoms with Crippen LogP contribution in [0.3, 0.4) is 0 Å². The van der Waals surface area contributed by atoms with Crippen molar-refractivity contribution < 1.29 is 9.90 Å². The smallest absolute Gasteiger partial charge is 0.325 e. The van der Waals surface area contributed by atoms with Crippen LogP contribution in [-0.2, 0) is 4.79 Å². The molecule has 0 radical (unpaired) electrons. The summed E-state index contributed by atoms with van der Waals surface area (Å²) in [4.78, 5) is 13.9. The van der Waals surface area contributed by atoms with Crippen molar-refractivity contribution in [3.8, 4) is 0 Å². The summed E-state index contributed by atoms with van der Waals surface area (Å²) in [7, 11) is 0. The Morgan fingerprint density at radius 1 is 1.53 bits per heavy atom. The second-order valence-corrected chi connectivity index (χ2v) is 2.91. The Morgan fingerprint density at radius 2 is 2.20 bits per heavy atom. The Bertz CT molecular complexity index is 336. The van der Waals surface area contributed by atoms with Crippen LogP contribution in [0.4, 0.5) is 0 Å². The lowest BCUT2D eigenvalue weighted by Gasteiger charge is -1.89. The number of aliphatic imine (C=N–C) groups is 1. The van der Waals surface area contributed by atoms with Gasteiger partial charge in [-0.05, 0) is 18.1 Å². The minimum Gasteiger partial charge on any atom is -0.480 e. The number of rotatable bonds is 6. The molecule has 0 heterocycles. The zero-order chi connectivity index (χ0) is 11.7. The molecule has 1 N–H and O–H groups in total. The Labute approximate surface area is 89.8 Å². The molecule has 15 heavy (non-hydrogen) atoms. The third-order valence-corrected chi connectivity index (χ3v) is 1.45. The maximum Gasteiger partial charge on any atom is 0.325 e. The lowest BCUT2D eigenvalue weighted by atomic mass is 10.2. The number of nitrogens with zero attached hydrogens (tertiary/aromatic N) is 1. The molecule has 0 aliphatic heterocycles. The summed E-state index contributed by atoms with van der Waals surface area (Å²) >= 11 is 0. The van der Waals surface area contributed by atoms with Gasteiger partial charge in [-0.25, -0.2) is 0 Å². The van der Waals surface area contributed by atoms with Crippen LogP contribution in [0.25, 0.3) is 0 Å². The summed E-state index contributed by atoms with van der Waals surface area (Å²) in [6.07, 6.45) is 8.61. The molecule has 0 aromatic carbocycles. The highest BCUT2D eigenvalue weighted by Crippen LogP contribution is 1.95. The fourth-order valence-electron chi connectivity index (χ4n) is 0.702. The number of aliphatic carboxylic acids is 1. The predicted octanol–water partition coefficient (Wildman–Crippen LogP) is 2.39. The number of carboxylic acid groups (broad SMARTS) is 1. The number of carboxylic acids is 1. The van der Waals surface area contributed by atoms with Gasteiger partial charge in [-0.15, -0.1) is 0 Å². The molecule has 0 aliphatic rings. The first-order chi connectivity index (χ1) is 7.06. The van der Waals surface area contributed by atoms with E-state index in [0.29, 0.717) is 0 Å². The monoisotopic (exact) mass is 205 g/mol. The highest BCUT2D eigenvalue weighted by Gasteiger charge is 1.89. The van der Waals surface area contributed by atoms with Crippen LogP contribution in [0.2, 0.25) is 0 Å². The van der Waals surface area contributed by atoms with Gasteiger partial charge in [-0.2, -0.15) is 0 Å². The Balaban J connectivity index is 4.15. The van der Waals surface area contributed by atoms with Crippen molar-refractivity contribution in [1.29, 1.82) is 0 Å². The lowest BCUT2D eigenvalue weighted by Crippen LogP contribution is -1.99. The third-order valence-electron chi connectivity index (χ3n) is 1.45. The van der Waals surface area contributed by atoms with Gasteiger partial charge in [-0.3, -0.25) is 9.79 Å². The predicted molar refractivity (Wildman–Crippen MR) is 63.2 cm³/mol. The molecule has 0 amide bonds. The average molecular weight is 205 g/mol. The van der Waals surface area contributed by atoms with E-state index in [1.807, 2.05) is 25.2 Å². The van der Waals surface area contributed by atoms with Crippen molar-refractivity contribution in [3.63, 3.8) is 0 Å². The first kappa shape index (κ1) is 13.1. The van der Waals surface area contributed by atoms with Gasteiger partial charge in [0.2, 0.25) is 0 Å². The van der Waals surface area contributed by atoms with Crippen molar-refractivity contribution in [2.24, 2.45) is 4.99 Å². The van der Waals surface area contributed by atoms with Gasteiger partial charge in [0.05, 0.1) is 0 Å². The Kier molecular flexibility index (Phi) is 6.55. The highest BCUT2D eigenvalue weighted by molar-refractivity contribution is 5.80. The van der Waals surface area contributed by atoms with Crippen molar-refractivity contribution in [2.75, 3.05) is 6.54 Å². The normalized spacial score (nSPS) is 12.2. The van der Waals surface area contributed by atoms with Crippen LogP contribution in [0.5, 0.6) is 0 Å². The molecule has 0 spiro atoms. The maximum atomic E-state index is 10.2. The van der Waals surface area contributed by atoms with E-state index in [2.05, 4.69) is 18.2 Å². The standard InChI is InChI=1S/C12H15NO2/c1-4-10(2)6-5-7-11(3)8-13-9-12(14)15/h4-8H,1-2,9H2,3H3,(H,14,15)/b6-5+,11-7+,13-8+. The van der Waals surface area contributed by atoms with E-state index in [1.165, 1.54) is 6.21 Å². The molecule has 0 bridgehead atoms. The van der Waals surface area contributed by atoms with Crippen molar-refractivity contribution >= 4 is 12.2 Å². The van der Waals surface area contributed by atoms with E-state index >= 15 is 0 Å². The topological polar surface area (TPSA) is 49.7 Å². The summed E-state index contributed by atoms with van der Waals surface area (Å²) in [6, 6.07) is 0. The Morgan fingerprint density at radius 3 is 2.73 bits per heavy atom. The summed E-state index contributed by atoms with van der Waals surface area (Å²) in [6.45, 7) is 8.91. The van der Waals surface area contributed by atoms with Crippen molar-refractivity contribution in [1.82, 2.24) is 0 Å². The van der Waals surface area contributed by atoms with Crippen LogP contribution >= 0.6 is 0 Å². The zero-order valence-electron chi connectivity index (χ0n) is 8.81. The van der Waals surface area contributed by atoms with Crippen LogP contribution < -0.4 is 0 Å². The molecule has 0 aromatic heterocycles. The number of carbonyl (C=O) groups is 1. The second kappa shape index (κ2) is 7.50. The molecule has 0 saturated heterocycles. The van der Waals surface area contributed by atoms with E-state index in [1.54, 1.807) is 6.08 Å². The highest BCUT2D eigenvalue weighted by atomic mass is 16.4. The van der Waals surface area contributed by atoms with Crippen LogP contribution in [-0.4, -0.2) is 23.8 Å². The maximum absolute atomic E-state index is 10.2. The van der Waals surface area contributed by atoms with E-state index in [4.69, 9.17) is 5.11 Å². The summed E-state index contributed by atoms with van der Waals surface area (Å²) in [5, 5.41) is 8.34. The van der Waals surface area contributed by atoms with E-state index in [0.717, 1.165) is 11.1 Å². The number of hydrogen-bond donors (Lipinski definition) is 1. The SMILES string of the molecule is C=CC(=C)/C=C/C=C(C)/C=N/CC(=O)O. The summed E-state index contributed by atoms with van der Waals surface area (Å²) in [5.41, 5.74) is 1.70. The molecule has 0 rings (SSSR count). The average Bonchev–Trinajstić information content (AvgIpc) is 2.17. The quantitative estimate of drug-likeness (QED) is 0.534. The molecule has 0 aromatic rings. The van der Waals surface area contributed by atoms with Crippen molar-refractivity contribution in [3.05, 3.63) is 48.6 Å². The molecule has 3 nitrogen and oxygen atoms in total. The van der Waals surface area contributed by atoms with Gasteiger partial charge in [0.1, 0.15) is 6.54 Å². The molecule has 3 heteroatoms. The minimum absolute atomic E-state index is 0.200. The van der Waals surface area contributed by atoms with Crippen LogP contribution in [0.1, 0.15) is 6.92 Å². The van der Waals surface area contributed by atoms with Crippen molar-refractivity contribution in [2.45, 2.75) is 6.92 Å². The number of hydrogen-bond acceptors (Lipinski definition) is 2. The lowest BCUT2D eigenvalue weighted by molar-refractivity contribution is -0.135. The summed E-state index contributed by atoms with van der Waals surface area (Å²) in [5.74, 6) is -0.936. The van der Waals surface area contributed by atoms with Gasteiger partial charge < -0.3 is 5.11 Å². The van der Waals surface area contributed by atoms with E-state index < -0.39 is 5.97 Å². The minimum atomic E-state index is -0.936. The third kappa shape index (κ3) is 8.43. The fourth-order valence-corrected chi connectivity index (χ4v) is 0.702. The van der Waals surface area contributed by atoms with Gasteiger partial charge in [-0.1, -0.05) is 37.5 Å². The fraction of sp³-hybridized carbons (Fsp3) is 0.167. The van der Waals surface area contributed by atoms with Gasteiger partial charge >= 0.3 is 5.97 Å². The van der Waals surface area contributed by atoms with Crippen LogP contribution in [0, 0.1) is 0 Å². The molecule has 0 atom stereocenters. The van der Waals surface area contributed by atoms with Gasteiger partial charge in [0.15, 0.2) is 0 Å². The largest absolute Gasteiger partial charge is 0.480 e. The van der Waals surface area contributed by atoms with Gasteiger partial charge in [0.25, 0.3) is 0 Å². The molecule has 0 saturated carbocycles. The molecule has 0 fully saturated rings.